The normalized spacial score (nSPS) is 13.2. The first kappa shape index (κ1) is 9.83. The fraction of sp³-hybridized carbons (Fsp3) is 0.182. The fourth-order valence-electron chi connectivity index (χ4n) is 1.94. The molecule has 0 saturated heterocycles. The first-order valence-electron chi connectivity index (χ1n) is 5.30. The van der Waals surface area contributed by atoms with E-state index in [1.54, 1.807) is 6.07 Å². The smallest absolute Gasteiger partial charge is 0.270 e. The van der Waals surface area contributed by atoms with Crippen LogP contribution in [0.5, 0.6) is 0 Å². The number of nitrogens with one attached hydrogen (secondary N) is 1. The van der Waals surface area contributed by atoms with Crippen LogP contribution in [0.4, 0.5) is 11.5 Å². The minimum absolute atomic E-state index is 0.0867. The molecular formula is C11H10N4O2. The Morgan fingerprint density at radius 3 is 3.06 bits per heavy atom. The second-order valence-electron chi connectivity index (χ2n) is 3.87. The number of nitro groups is 1. The average Bonchev–Trinajstić information content (AvgIpc) is 2.89. The van der Waals surface area contributed by atoms with Crippen LogP contribution in [0.15, 0.2) is 30.3 Å². The SMILES string of the molecule is O=[N+]([O-])c1cccc(-c2cc3n(n2)CCN3)c1. The summed E-state index contributed by atoms with van der Waals surface area (Å²) in [6.07, 6.45) is 0. The van der Waals surface area contributed by atoms with Gasteiger partial charge in [0.2, 0.25) is 0 Å². The zero-order valence-electron chi connectivity index (χ0n) is 8.96. The van der Waals surface area contributed by atoms with Gasteiger partial charge in [-0.1, -0.05) is 12.1 Å². The summed E-state index contributed by atoms with van der Waals surface area (Å²) >= 11 is 0. The van der Waals surface area contributed by atoms with Crippen molar-refractivity contribution < 1.29 is 4.92 Å². The Hall–Kier alpha value is -2.37. The number of aromatic nitrogens is 2. The van der Waals surface area contributed by atoms with Crippen LogP contribution in [0, 0.1) is 10.1 Å². The van der Waals surface area contributed by atoms with E-state index < -0.39 is 4.92 Å². The number of nitro benzene ring substituents is 1. The number of hydrogen-bond donors (Lipinski definition) is 1. The molecule has 0 saturated carbocycles. The third-order valence-corrected chi connectivity index (χ3v) is 2.76. The third-order valence-electron chi connectivity index (χ3n) is 2.76. The molecule has 0 bridgehead atoms. The maximum Gasteiger partial charge on any atom is 0.270 e. The molecule has 6 nitrogen and oxygen atoms in total. The van der Waals surface area contributed by atoms with Crippen LogP contribution >= 0.6 is 0 Å². The maximum atomic E-state index is 10.7. The minimum Gasteiger partial charge on any atom is -0.368 e. The molecule has 1 aliphatic rings. The molecule has 6 heteroatoms. The molecule has 3 rings (SSSR count). The van der Waals surface area contributed by atoms with Crippen molar-refractivity contribution in [2.75, 3.05) is 11.9 Å². The Morgan fingerprint density at radius 1 is 1.41 bits per heavy atom. The van der Waals surface area contributed by atoms with Crippen molar-refractivity contribution in [2.24, 2.45) is 0 Å². The van der Waals surface area contributed by atoms with Crippen LogP contribution in [-0.2, 0) is 6.54 Å². The molecular weight excluding hydrogens is 220 g/mol. The molecule has 1 N–H and O–H groups in total. The Balaban J connectivity index is 2.03. The highest BCUT2D eigenvalue weighted by Gasteiger charge is 2.15. The van der Waals surface area contributed by atoms with E-state index in [1.165, 1.54) is 12.1 Å². The zero-order valence-corrected chi connectivity index (χ0v) is 8.96. The number of fused-ring (bicyclic) bond motifs is 1. The molecule has 86 valence electrons. The molecule has 0 amide bonds. The van der Waals surface area contributed by atoms with Gasteiger partial charge in [-0.05, 0) is 0 Å². The molecule has 1 aromatic carbocycles. The summed E-state index contributed by atoms with van der Waals surface area (Å²) in [6, 6.07) is 8.42. The van der Waals surface area contributed by atoms with Gasteiger partial charge in [0, 0.05) is 30.3 Å². The predicted octanol–water partition coefficient (Wildman–Crippen LogP) is 1.88. The second-order valence-corrected chi connectivity index (χ2v) is 3.87. The third kappa shape index (κ3) is 1.63. The van der Waals surface area contributed by atoms with E-state index in [0.717, 1.165) is 30.2 Å². The molecule has 2 heterocycles. The Labute approximate surface area is 97.0 Å². The van der Waals surface area contributed by atoms with Crippen LogP contribution in [-0.4, -0.2) is 21.2 Å². The van der Waals surface area contributed by atoms with E-state index >= 15 is 0 Å². The summed E-state index contributed by atoms with van der Waals surface area (Å²) in [4.78, 5) is 10.3. The van der Waals surface area contributed by atoms with Gasteiger partial charge in [0.05, 0.1) is 17.2 Å². The lowest BCUT2D eigenvalue weighted by Gasteiger charge is -1.97. The van der Waals surface area contributed by atoms with Crippen molar-refractivity contribution in [1.82, 2.24) is 9.78 Å². The number of nitrogens with zero attached hydrogens (tertiary/aromatic N) is 3. The van der Waals surface area contributed by atoms with Crippen LogP contribution in [0.1, 0.15) is 0 Å². The molecule has 1 aromatic heterocycles. The van der Waals surface area contributed by atoms with E-state index in [2.05, 4.69) is 10.4 Å². The number of non-ortho nitro benzene ring substituents is 1. The highest BCUT2D eigenvalue weighted by atomic mass is 16.6. The van der Waals surface area contributed by atoms with Crippen LogP contribution in [0.25, 0.3) is 11.3 Å². The Morgan fingerprint density at radius 2 is 2.29 bits per heavy atom. The van der Waals surface area contributed by atoms with Crippen molar-refractivity contribution in [2.45, 2.75) is 6.54 Å². The van der Waals surface area contributed by atoms with Gasteiger partial charge in [-0.2, -0.15) is 5.10 Å². The first-order valence-corrected chi connectivity index (χ1v) is 5.30. The molecule has 17 heavy (non-hydrogen) atoms. The topological polar surface area (TPSA) is 73.0 Å². The maximum absolute atomic E-state index is 10.7. The molecule has 0 atom stereocenters. The summed E-state index contributed by atoms with van der Waals surface area (Å²) in [5.41, 5.74) is 1.61. The molecule has 0 fully saturated rings. The predicted molar refractivity (Wildman–Crippen MR) is 62.8 cm³/mol. The van der Waals surface area contributed by atoms with E-state index in [4.69, 9.17) is 0 Å². The van der Waals surface area contributed by atoms with Gasteiger partial charge in [-0.3, -0.25) is 10.1 Å². The van der Waals surface area contributed by atoms with Gasteiger partial charge in [-0.25, -0.2) is 4.68 Å². The first-order chi connectivity index (χ1) is 8.24. The largest absolute Gasteiger partial charge is 0.368 e. The molecule has 2 aromatic rings. The van der Waals surface area contributed by atoms with Crippen LogP contribution in [0.3, 0.4) is 0 Å². The van der Waals surface area contributed by atoms with Crippen molar-refractivity contribution in [3.8, 4) is 11.3 Å². The van der Waals surface area contributed by atoms with Crippen molar-refractivity contribution in [3.63, 3.8) is 0 Å². The summed E-state index contributed by atoms with van der Waals surface area (Å²) in [5.74, 6) is 0.964. The van der Waals surface area contributed by atoms with Gasteiger partial charge in [-0.15, -0.1) is 0 Å². The fourth-order valence-corrected chi connectivity index (χ4v) is 1.94. The van der Waals surface area contributed by atoms with Gasteiger partial charge in [0.1, 0.15) is 5.82 Å². The van der Waals surface area contributed by atoms with Gasteiger partial charge < -0.3 is 5.32 Å². The number of hydrogen-bond acceptors (Lipinski definition) is 4. The highest BCUT2D eigenvalue weighted by Crippen LogP contribution is 2.26. The molecule has 0 aliphatic carbocycles. The summed E-state index contributed by atoms with van der Waals surface area (Å²) in [7, 11) is 0. The van der Waals surface area contributed by atoms with Gasteiger partial charge in [0.25, 0.3) is 5.69 Å². The Kier molecular flexibility index (Phi) is 2.07. The Bertz CT molecular complexity index is 569. The van der Waals surface area contributed by atoms with E-state index in [0.29, 0.717) is 0 Å². The monoisotopic (exact) mass is 230 g/mol. The average molecular weight is 230 g/mol. The standard InChI is InChI=1S/C11H10N4O2/c16-15(17)9-3-1-2-8(6-9)10-7-11-12-4-5-14(11)13-10/h1-3,6-7,12H,4-5H2. The van der Waals surface area contributed by atoms with E-state index in [-0.39, 0.29) is 5.69 Å². The van der Waals surface area contributed by atoms with Crippen molar-refractivity contribution >= 4 is 11.5 Å². The molecule has 0 unspecified atom stereocenters. The number of benzene rings is 1. The zero-order chi connectivity index (χ0) is 11.8. The molecule has 0 spiro atoms. The van der Waals surface area contributed by atoms with Gasteiger partial charge in [0.15, 0.2) is 0 Å². The summed E-state index contributed by atoms with van der Waals surface area (Å²) in [5, 5.41) is 18.3. The lowest BCUT2D eigenvalue weighted by molar-refractivity contribution is -0.384. The summed E-state index contributed by atoms with van der Waals surface area (Å²) < 4.78 is 1.87. The van der Waals surface area contributed by atoms with Gasteiger partial charge >= 0.3 is 0 Å². The van der Waals surface area contributed by atoms with Crippen molar-refractivity contribution in [3.05, 3.63) is 40.4 Å². The van der Waals surface area contributed by atoms with E-state index in [9.17, 15) is 10.1 Å². The highest BCUT2D eigenvalue weighted by molar-refractivity contribution is 5.66. The summed E-state index contributed by atoms with van der Waals surface area (Å²) in [6.45, 7) is 1.72. The van der Waals surface area contributed by atoms with Crippen LogP contribution in [0.2, 0.25) is 0 Å². The minimum atomic E-state index is -0.397. The van der Waals surface area contributed by atoms with Crippen molar-refractivity contribution in [1.29, 1.82) is 0 Å². The lowest BCUT2D eigenvalue weighted by atomic mass is 10.1. The number of rotatable bonds is 2. The molecule has 1 aliphatic heterocycles. The molecule has 0 radical (unpaired) electrons. The lowest BCUT2D eigenvalue weighted by Crippen LogP contribution is -1.97. The van der Waals surface area contributed by atoms with E-state index in [1.807, 2.05) is 16.8 Å². The quantitative estimate of drug-likeness (QED) is 0.631. The van der Waals surface area contributed by atoms with Crippen LogP contribution < -0.4 is 5.32 Å². The second kappa shape index (κ2) is 3.58. The number of anilines is 1.